The monoisotopic (exact) mass is 589 g/mol. The molecule has 10 heteroatoms. The van der Waals surface area contributed by atoms with Gasteiger partial charge in [-0.1, -0.05) is 44.2 Å². The Labute approximate surface area is 226 Å². The van der Waals surface area contributed by atoms with Crippen LogP contribution in [0.1, 0.15) is 29.8 Å². The largest absolute Gasteiger partial charge is 0.492 e. The van der Waals surface area contributed by atoms with Crippen molar-refractivity contribution in [2.75, 3.05) is 19.0 Å². The second kappa shape index (κ2) is 12.4. The van der Waals surface area contributed by atoms with Crippen LogP contribution >= 0.6 is 28.1 Å². The van der Waals surface area contributed by atoms with Gasteiger partial charge in [0.05, 0.1) is 16.0 Å². The first-order chi connectivity index (χ1) is 17.1. The van der Waals surface area contributed by atoms with Crippen LogP contribution < -0.4 is 15.4 Å². The fourth-order valence-corrected chi connectivity index (χ4v) is 5.03. The first-order valence-electron chi connectivity index (χ1n) is 11.2. The zero-order valence-electron chi connectivity index (χ0n) is 20.2. The highest BCUT2D eigenvalue weighted by molar-refractivity contribution is 9.10. The summed E-state index contributed by atoms with van der Waals surface area (Å²) in [5.74, 6) is 0.656. The number of nitrogens with one attached hydrogen (secondary N) is 2. The molecule has 0 radical (unpaired) electrons. The molecule has 190 valence electrons. The number of amides is 1. The second-order valence-corrected chi connectivity index (χ2v) is 11.8. The summed E-state index contributed by atoms with van der Waals surface area (Å²) in [7, 11) is -2.12. The number of benzene rings is 3. The topological polar surface area (TPSA) is 87.7 Å². The number of hydrogen-bond acceptors (Lipinski definition) is 5. The number of ether oxygens (including phenoxy) is 1. The van der Waals surface area contributed by atoms with Crippen LogP contribution in [0.25, 0.3) is 0 Å². The molecule has 3 rings (SSSR count). The van der Waals surface area contributed by atoms with E-state index in [9.17, 15) is 13.2 Å². The molecule has 0 fully saturated rings. The molecule has 36 heavy (non-hydrogen) atoms. The number of nitrogens with zero attached hydrogens (tertiary/aromatic N) is 1. The van der Waals surface area contributed by atoms with E-state index in [1.54, 1.807) is 37.4 Å². The minimum absolute atomic E-state index is 0.0908. The van der Waals surface area contributed by atoms with Crippen molar-refractivity contribution >= 4 is 54.9 Å². The van der Waals surface area contributed by atoms with Crippen LogP contribution in [0.5, 0.6) is 5.75 Å². The average Bonchev–Trinajstić information content (AvgIpc) is 2.84. The predicted octanol–water partition coefficient (Wildman–Crippen LogP) is 5.43. The number of thiocarbonyl (C=S) groups is 1. The Bertz CT molecular complexity index is 1310. The van der Waals surface area contributed by atoms with E-state index in [4.69, 9.17) is 17.0 Å². The Morgan fingerprint density at radius 1 is 1.06 bits per heavy atom. The van der Waals surface area contributed by atoms with Gasteiger partial charge in [-0.15, -0.1) is 0 Å². The maximum absolute atomic E-state index is 12.9. The average molecular weight is 591 g/mol. The second-order valence-electron chi connectivity index (χ2n) is 8.53. The molecule has 2 N–H and O–H groups in total. The first-order valence-corrected chi connectivity index (χ1v) is 13.9. The molecule has 0 unspecified atom stereocenters. The summed E-state index contributed by atoms with van der Waals surface area (Å²) < 4.78 is 33.5. The summed E-state index contributed by atoms with van der Waals surface area (Å²) in [5, 5.41) is 5.62. The van der Waals surface area contributed by atoms with E-state index < -0.39 is 10.0 Å². The van der Waals surface area contributed by atoms with E-state index in [0.29, 0.717) is 34.0 Å². The van der Waals surface area contributed by atoms with Crippen LogP contribution in [0.15, 0.2) is 82.2 Å². The van der Waals surface area contributed by atoms with Crippen molar-refractivity contribution in [3.8, 4) is 5.75 Å². The highest BCUT2D eigenvalue weighted by atomic mass is 79.9. The molecule has 0 heterocycles. The molecule has 7 nitrogen and oxygen atoms in total. The SMILES string of the molecule is CC(C)COc1ccc(C(=O)NC(=S)Nc2ccc(S(=O)(=O)N(C)Cc3ccccc3)cc2)cc1Br. The molecule has 0 bridgehead atoms. The molecule has 0 aromatic heterocycles. The Kier molecular flexibility index (Phi) is 9.61. The summed E-state index contributed by atoms with van der Waals surface area (Å²) >= 11 is 8.69. The summed E-state index contributed by atoms with van der Waals surface area (Å²) in [5.41, 5.74) is 1.85. The number of anilines is 1. The summed E-state index contributed by atoms with van der Waals surface area (Å²) in [6.45, 7) is 4.95. The van der Waals surface area contributed by atoms with Crippen LogP contribution in [0, 0.1) is 5.92 Å². The Morgan fingerprint density at radius 2 is 1.72 bits per heavy atom. The number of carbonyl (C=O) groups excluding carboxylic acids is 1. The highest BCUT2D eigenvalue weighted by Crippen LogP contribution is 2.26. The number of hydrogen-bond donors (Lipinski definition) is 2. The summed E-state index contributed by atoms with van der Waals surface area (Å²) in [4.78, 5) is 12.8. The van der Waals surface area contributed by atoms with E-state index in [1.165, 1.54) is 16.4 Å². The fraction of sp³-hybridized carbons (Fsp3) is 0.231. The molecular formula is C26H28BrN3O4S2. The molecule has 0 aliphatic heterocycles. The van der Waals surface area contributed by atoms with Gasteiger partial charge in [0.15, 0.2) is 5.11 Å². The van der Waals surface area contributed by atoms with Crippen molar-refractivity contribution in [2.24, 2.45) is 5.92 Å². The number of halogens is 1. The van der Waals surface area contributed by atoms with Gasteiger partial charge >= 0.3 is 0 Å². The van der Waals surface area contributed by atoms with Gasteiger partial charge in [0.25, 0.3) is 5.91 Å². The van der Waals surface area contributed by atoms with Crippen molar-refractivity contribution in [1.29, 1.82) is 0 Å². The molecule has 3 aromatic rings. The summed E-state index contributed by atoms with van der Waals surface area (Å²) in [6.07, 6.45) is 0. The number of rotatable bonds is 9. The standard InChI is InChI=1S/C26H28BrN3O4S2/c1-18(2)17-34-24-14-9-20(15-23(24)27)25(31)29-26(35)28-21-10-12-22(13-11-21)36(32,33)30(3)16-19-7-5-4-6-8-19/h4-15,18H,16-17H2,1-3H3,(H2,28,29,31,35). The lowest BCUT2D eigenvalue weighted by molar-refractivity contribution is 0.0977. The van der Waals surface area contributed by atoms with Crippen LogP contribution in [-0.2, 0) is 16.6 Å². The third kappa shape index (κ3) is 7.60. The third-order valence-corrected chi connectivity index (χ3v) is 7.70. The van der Waals surface area contributed by atoms with E-state index in [1.807, 2.05) is 30.3 Å². The van der Waals surface area contributed by atoms with Gasteiger partial charge in [-0.2, -0.15) is 4.31 Å². The quantitative estimate of drug-likeness (QED) is 0.323. The molecule has 0 aliphatic rings. The fourth-order valence-electron chi connectivity index (χ4n) is 3.17. The van der Waals surface area contributed by atoms with Crippen molar-refractivity contribution < 1.29 is 17.9 Å². The van der Waals surface area contributed by atoms with Crippen LogP contribution in [0.4, 0.5) is 5.69 Å². The molecule has 3 aromatic carbocycles. The summed E-state index contributed by atoms with van der Waals surface area (Å²) in [6, 6.07) is 20.6. The maximum Gasteiger partial charge on any atom is 0.257 e. The highest BCUT2D eigenvalue weighted by Gasteiger charge is 2.21. The predicted molar refractivity (Wildman–Crippen MR) is 150 cm³/mol. The van der Waals surface area contributed by atoms with E-state index in [0.717, 1.165) is 5.56 Å². The van der Waals surface area contributed by atoms with E-state index >= 15 is 0 Å². The van der Waals surface area contributed by atoms with Gasteiger partial charge < -0.3 is 10.1 Å². The van der Waals surface area contributed by atoms with Crippen LogP contribution in [-0.4, -0.2) is 37.4 Å². The van der Waals surface area contributed by atoms with Crippen molar-refractivity contribution in [3.05, 3.63) is 88.4 Å². The van der Waals surface area contributed by atoms with Crippen molar-refractivity contribution in [3.63, 3.8) is 0 Å². The van der Waals surface area contributed by atoms with Gasteiger partial charge in [0.2, 0.25) is 10.0 Å². The molecule has 0 aliphatic carbocycles. The smallest absolute Gasteiger partial charge is 0.257 e. The molecule has 0 saturated carbocycles. The minimum atomic E-state index is -3.67. The third-order valence-electron chi connectivity index (χ3n) is 5.06. The van der Waals surface area contributed by atoms with E-state index in [-0.39, 0.29) is 22.5 Å². The zero-order chi connectivity index (χ0) is 26.3. The Hall–Kier alpha value is -2.79. The van der Waals surface area contributed by atoms with Gasteiger partial charge in [0, 0.05) is 24.8 Å². The molecule has 0 spiro atoms. The minimum Gasteiger partial charge on any atom is -0.492 e. The van der Waals surface area contributed by atoms with Gasteiger partial charge in [-0.05, 0) is 82.1 Å². The lowest BCUT2D eigenvalue weighted by atomic mass is 10.2. The van der Waals surface area contributed by atoms with Gasteiger partial charge in [-0.25, -0.2) is 8.42 Å². The maximum atomic E-state index is 12.9. The van der Waals surface area contributed by atoms with Gasteiger partial charge in [0.1, 0.15) is 5.75 Å². The normalized spacial score (nSPS) is 11.4. The zero-order valence-corrected chi connectivity index (χ0v) is 23.4. The lowest BCUT2D eigenvalue weighted by Gasteiger charge is -2.18. The first kappa shape index (κ1) is 27.8. The Morgan fingerprint density at radius 3 is 2.33 bits per heavy atom. The molecule has 0 saturated heterocycles. The van der Waals surface area contributed by atoms with Crippen molar-refractivity contribution in [2.45, 2.75) is 25.3 Å². The lowest BCUT2D eigenvalue weighted by Crippen LogP contribution is -2.34. The molecule has 0 atom stereocenters. The van der Waals surface area contributed by atoms with Crippen molar-refractivity contribution in [1.82, 2.24) is 9.62 Å². The number of carbonyl (C=O) groups is 1. The van der Waals surface area contributed by atoms with Crippen LogP contribution in [0.2, 0.25) is 0 Å². The molecular weight excluding hydrogens is 562 g/mol. The van der Waals surface area contributed by atoms with Crippen LogP contribution in [0.3, 0.4) is 0 Å². The van der Waals surface area contributed by atoms with Gasteiger partial charge in [-0.3, -0.25) is 10.1 Å². The van der Waals surface area contributed by atoms with E-state index in [2.05, 4.69) is 40.4 Å². The number of sulfonamides is 1. The molecule has 1 amide bonds. The Balaban J connectivity index is 1.58.